The van der Waals surface area contributed by atoms with E-state index < -0.39 is 5.92 Å². The number of anilines is 1. The maximum Gasteiger partial charge on any atom is 0.243 e. The summed E-state index contributed by atoms with van der Waals surface area (Å²) >= 11 is 0. The van der Waals surface area contributed by atoms with E-state index >= 15 is 0 Å². The van der Waals surface area contributed by atoms with Gasteiger partial charge in [0.15, 0.2) is 23.2 Å². The molecule has 4 aromatic rings. The van der Waals surface area contributed by atoms with E-state index in [0.29, 0.717) is 54.6 Å². The fraction of sp³-hybridized carbons (Fsp3) is 0.312. The first kappa shape index (κ1) is 27.9. The molecule has 1 aromatic heterocycles. The molecule has 5 rings (SSSR count). The second-order valence-corrected chi connectivity index (χ2v) is 9.96. The van der Waals surface area contributed by atoms with Gasteiger partial charge in [0.25, 0.3) is 0 Å². The molecule has 0 saturated carbocycles. The zero-order chi connectivity index (χ0) is 28.6. The second-order valence-electron chi connectivity index (χ2n) is 9.96. The van der Waals surface area contributed by atoms with Crippen LogP contribution >= 0.6 is 0 Å². The van der Waals surface area contributed by atoms with Crippen LogP contribution < -0.4 is 19.7 Å². The largest absolute Gasteiger partial charge is 0.493 e. The Hall–Kier alpha value is -4.68. The van der Waals surface area contributed by atoms with Crippen LogP contribution in [-0.4, -0.2) is 67.7 Å². The number of aromatic nitrogens is 2. The van der Waals surface area contributed by atoms with E-state index in [1.807, 2.05) is 66.7 Å². The number of benzene rings is 3. The molecule has 9 heteroatoms. The topological polar surface area (TPSA) is 104 Å². The van der Waals surface area contributed by atoms with Gasteiger partial charge in [-0.25, -0.2) is 9.97 Å². The van der Waals surface area contributed by atoms with Gasteiger partial charge in [-0.2, -0.15) is 5.26 Å². The Balaban J connectivity index is 1.31. The molecule has 41 heavy (non-hydrogen) atoms. The molecule has 0 unspecified atom stereocenters. The van der Waals surface area contributed by atoms with Gasteiger partial charge < -0.3 is 19.7 Å². The molecule has 1 amide bonds. The molecule has 0 radical (unpaired) electrons. The first-order valence-corrected chi connectivity index (χ1v) is 13.8. The molecular formula is C32H34N6O3. The second kappa shape index (κ2) is 13.1. The molecule has 1 atom stereocenters. The molecule has 210 valence electrons. The molecule has 0 bridgehead atoms. The van der Waals surface area contributed by atoms with Gasteiger partial charge in [-0.3, -0.25) is 9.69 Å². The van der Waals surface area contributed by atoms with Crippen LogP contribution in [0.3, 0.4) is 0 Å². The fourth-order valence-electron chi connectivity index (χ4n) is 5.11. The van der Waals surface area contributed by atoms with Crippen molar-refractivity contribution < 1.29 is 14.3 Å². The first-order chi connectivity index (χ1) is 20.1. The smallest absolute Gasteiger partial charge is 0.243 e. The van der Waals surface area contributed by atoms with Crippen LogP contribution in [0.25, 0.3) is 11.0 Å². The van der Waals surface area contributed by atoms with Crippen molar-refractivity contribution in [1.29, 1.82) is 5.26 Å². The normalized spacial score (nSPS) is 14.3. The summed E-state index contributed by atoms with van der Waals surface area (Å²) < 4.78 is 10.8. The van der Waals surface area contributed by atoms with Gasteiger partial charge in [0, 0.05) is 39.3 Å². The molecular weight excluding hydrogens is 516 g/mol. The average molecular weight is 551 g/mol. The minimum Gasteiger partial charge on any atom is -0.493 e. The molecule has 3 aromatic carbocycles. The maximum atomic E-state index is 13.2. The molecule has 0 aliphatic carbocycles. The van der Waals surface area contributed by atoms with Crippen molar-refractivity contribution in [2.24, 2.45) is 0 Å². The van der Waals surface area contributed by atoms with E-state index in [4.69, 9.17) is 19.4 Å². The third kappa shape index (κ3) is 6.56. The Morgan fingerprint density at radius 3 is 2.27 bits per heavy atom. The Kier molecular flexibility index (Phi) is 8.92. The van der Waals surface area contributed by atoms with Crippen molar-refractivity contribution in [3.63, 3.8) is 0 Å². The highest BCUT2D eigenvalue weighted by atomic mass is 16.5. The summed E-state index contributed by atoms with van der Waals surface area (Å²) in [5, 5.41) is 13.1. The summed E-state index contributed by atoms with van der Waals surface area (Å²) in [6.45, 7) is 4.19. The van der Waals surface area contributed by atoms with Crippen LogP contribution in [0.1, 0.15) is 22.7 Å². The Bertz CT molecular complexity index is 1530. The van der Waals surface area contributed by atoms with Crippen LogP contribution in [-0.2, 0) is 17.8 Å². The van der Waals surface area contributed by atoms with Crippen molar-refractivity contribution in [3.05, 3.63) is 89.6 Å². The first-order valence-electron chi connectivity index (χ1n) is 13.8. The van der Waals surface area contributed by atoms with Crippen molar-refractivity contribution >= 4 is 22.8 Å². The Labute approximate surface area is 240 Å². The number of amides is 1. The van der Waals surface area contributed by atoms with Gasteiger partial charge in [0.1, 0.15) is 5.69 Å². The van der Waals surface area contributed by atoms with E-state index in [9.17, 15) is 10.1 Å². The van der Waals surface area contributed by atoms with Crippen molar-refractivity contribution in [1.82, 2.24) is 20.2 Å². The van der Waals surface area contributed by atoms with Gasteiger partial charge in [0.05, 0.1) is 31.3 Å². The molecule has 1 fully saturated rings. The third-order valence-corrected chi connectivity index (χ3v) is 7.32. The highest BCUT2D eigenvalue weighted by Crippen LogP contribution is 2.30. The number of nitriles is 1. The minimum atomic E-state index is -1.07. The standard InChI is InChI=1S/C32H34N6O3/c1-40-28-13-12-24(20-29(28)41-2)22-37-16-18-38(19-17-37)31-30(35-26-10-6-7-11-27(26)36-31)25(21-33)32(39)34-15-14-23-8-4-3-5-9-23/h3-13,20,25H,14-19,22H2,1-2H3,(H,34,39)/t25-/m0/s1. The number of carbonyl (C=O) groups excluding carboxylic acids is 1. The number of fused-ring (bicyclic) bond motifs is 1. The van der Waals surface area contributed by atoms with Crippen molar-refractivity contribution in [3.8, 4) is 17.6 Å². The van der Waals surface area contributed by atoms with E-state index in [-0.39, 0.29) is 5.91 Å². The third-order valence-electron chi connectivity index (χ3n) is 7.32. The van der Waals surface area contributed by atoms with Gasteiger partial charge in [0.2, 0.25) is 5.91 Å². The Morgan fingerprint density at radius 2 is 1.59 bits per heavy atom. The number of piperazine rings is 1. The van der Waals surface area contributed by atoms with Crippen molar-refractivity contribution in [2.45, 2.75) is 18.9 Å². The molecule has 1 aliphatic heterocycles. The number of hydrogen-bond donors (Lipinski definition) is 1. The monoisotopic (exact) mass is 550 g/mol. The van der Waals surface area contributed by atoms with Crippen LogP contribution in [0, 0.1) is 11.3 Å². The zero-order valence-corrected chi connectivity index (χ0v) is 23.4. The lowest BCUT2D eigenvalue weighted by atomic mass is 10.0. The lowest BCUT2D eigenvalue weighted by Crippen LogP contribution is -2.47. The summed E-state index contributed by atoms with van der Waals surface area (Å²) in [5.74, 6) is 0.590. The fourth-order valence-corrected chi connectivity index (χ4v) is 5.11. The summed E-state index contributed by atoms with van der Waals surface area (Å²) in [4.78, 5) is 27.5. The molecule has 1 saturated heterocycles. The van der Waals surface area contributed by atoms with Crippen LogP contribution in [0.2, 0.25) is 0 Å². The van der Waals surface area contributed by atoms with E-state index in [0.717, 1.165) is 36.3 Å². The lowest BCUT2D eigenvalue weighted by molar-refractivity contribution is -0.121. The zero-order valence-electron chi connectivity index (χ0n) is 23.4. The average Bonchev–Trinajstić information content (AvgIpc) is 3.02. The summed E-state index contributed by atoms with van der Waals surface area (Å²) in [6, 6.07) is 25.7. The predicted octanol–water partition coefficient (Wildman–Crippen LogP) is 3.94. The maximum absolute atomic E-state index is 13.2. The highest BCUT2D eigenvalue weighted by molar-refractivity contribution is 5.88. The van der Waals surface area contributed by atoms with Crippen LogP contribution in [0.5, 0.6) is 11.5 Å². The van der Waals surface area contributed by atoms with Gasteiger partial charge >= 0.3 is 0 Å². The molecule has 1 aliphatic rings. The van der Waals surface area contributed by atoms with Gasteiger partial charge in [-0.05, 0) is 41.8 Å². The van der Waals surface area contributed by atoms with Crippen LogP contribution in [0.15, 0.2) is 72.8 Å². The van der Waals surface area contributed by atoms with E-state index in [1.54, 1.807) is 14.2 Å². The predicted molar refractivity (Wildman–Crippen MR) is 158 cm³/mol. The number of nitrogens with zero attached hydrogens (tertiary/aromatic N) is 5. The quantitative estimate of drug-likeness (QED) is 0.317. The number of ether oxygens (including phenoxy) is 2. The number of methoxy groups -OCH3 is 2. The number of para-hydroxylation sites is 2. The van der Waals surface area contributed by atoms with E-state index in [1.165, 1.54) is 0 Å². The number of rotatable bonds is 10. The summed E-state index contributed by atoms with van der Waals surface area (Å²) in [7, 11) is 3.27. The van der Waals surface area contributed by atoms with E-state index in [2.05, 4.69) is 27.3 Å². The molecule has 1 N–H and O–H groups in total. The van der Waals surface area contributed by atoms with Gasteiger partial charge in [-0.1, -0.05) is 48.5 Å². The summed E-state index contributed by atoms with van der Waals surface area (Å²) in [6.07, 6.45) is 0.684. The number of nitrogens with one attached hydrogen (secondary N) is 1. The number of hydrogen-bond acceptors (Lipinski definition) is 8. The molecule has 0 spiro atoms. The number of carbonyl (C=O) groups is 1. The van der Waals surface area contributed by atoms with Crippen LogP contribution in [0.4, 0.5) is 5.82 Å². The minimum absolute atomic E-state index is 0.360. The molecule has 9 nitrogen and oxygen atoms in total. The van der Waals surface area contributed by atoms with Gasteiger partial charge in [-0.15, -0.1) is 0 Å². The summed E-state index contributed by atoms with van der Waals surface area (Å²) in [5.41, 5.74) is 4.06. The molecule has 2 heterocycles. The Morgan fingerprint density at radius 1 is 0.902 bits per heavy atom. The highest BCUT2D eigenvalue weighted by Gasteiger charge is 2.30. The van der Waals surface area contributed by atoms with Crippen molar-refractivity contribution in [2.75, 3.05) is 51.8 Å². The lowest BCUT2D eigenvalue weighted by Gasteiger charge is -2.36. The SMILES string of the molecule is COc1ccc(CN2CCN(c3nc4ccccc4nc3[C@H](C#N)C(=O)NCCc3ccccc3)CC2)cc1OC.